The van der Waals surface area contributed by atoms with Crippen LogP contribution in [0, 0.1) is 5.82 Å². The molecular formula is C11H13BrFNO2. The third-order valence-electron chi connectivity index (χ3n) is 2.21. The highest BCUT2D eigenvalue weighted by Crippen LogP contribution is 2.17. The molecule has 0 amide bonds. The number of carboxylic acid groups (broad SMARTS) is 1. The topological polar surface area (TPSA) is 63.3 Å². The number of halogens is 2. The van der Waals surface area contributed by atoms with E-state index in [1.54, 1.807) is 12.1 Å². The van der Waals surface area contributed by atoms with E-state index in [0.29, 0.717) is 17.3 Å². The Balaban J connectivity index is 2.52. The number of hydrogen-bond acceptors (Lipinski definition) is 2. The van der Waals surface area contributed by atoms with E-state index in [4.69, 9.17) is 10.8 Å². The van der Waals surface area contributed by atoms with Gasteiger partial charge in [-0.1, -0.05) is 6.07 Å². The molecule has 0 spiro atoms. The zero-order valence-corrected chi connectivity index (χ0v) is 10.2. The van der Waals surface area contributed by atoms with Crippen LogP contribution in [0.25, 0.3) is 0 Å². The van der Waals surface area contributed by atoms with E-state index in [2.05, 4.69) is 15.9 Å². The average molecular weight is 290 g/mol. The van der Waals surface area contributed by atoms with Crippen LogP contribution in [-0.2, 0) is 11.2 Å². The summed E-state index contributed by atoms with van der Waals surface area (Å²) in [6, 6.07) is 4.55. The van der Waals surface area contributed by atoms with Gasteiger partial charge < -0.3 is 10.8 Å². The molecule has 0 aliphatic heterocycles. The molecule has 0 aliphatic carbocycles. The van der Waals surface area contributed by atoms with Gasteiger partial charge >= 0.3 is 5.97 Å². The second kappa shape index (κ2) is 5.96. The monoisotopic (exact) mass is 289 g/mol. The smallest absolute Gasteiger partial charge is 0.303 e. The van der Waals surface area contributed by atoms with Crippen molar-refractivity contribution < 1.29 is 14.3 Å². The predicted octanol–water partition coefficient (Wildman–Crippen LogP) is 2.32. The fourth-order valence-electron chi connectivity index (χ4n) is 1.38. The van der Waals surface area contributed by atoms with Crippen LogP contribution < -0.4 is 5.73 Å². The Labute approximate surface area is 102 Å². The summed E-state index contributed by atoms with van der Waals surface area (Å²) in [6.45, 7) is 0. The fraction of sp³-hybridized carbons (Fsp3) is 0.364. The van der Waals surface area contributed by atoms with E-state index in [0.717, 1.165) is 5.56 Å². The lowest BCUT2D eigenvalue weighted by molar-refractivity contribution is -0.137. The van der Waals surface area contributed by atoms with Crippen molar-refractivity contribution in [2.75, 3.05) is 0 Å². The van der Waals surface area contributed by atoms with Gasteiger partial charge in [0.1, 0.15) is 5.82 Å². The van der Waals surface area contributed by atoms with Crippen molar-refractivity contribution in [2.45, 2.75) is 25.3 Å². The molecular weight excluding hydrogens is 277 g/mol. The molecule has 0 heterocycles. The number of carboxylic acids is 1. The van der Waals surface area contributed by atoms with E-state index in [1.165, 1.54) is 6.07 Å². The van der Waals surface area contributed by atoms with E-state index < -0.39 is 5.97 Å². The van der Waals surface area contributed by atoms with Gasteiger partial charge in [-0.2, -0.15) is 0 Å². The van der Waals surface area contributed by atoms with Crippen LogP contribution in [0.4, 0.5) is 4.39 Å². The van der Waals surface area contributed by atoms with Gasteiger partial charge in [-0.25, -0.2) is 4.39 Å². The van der Waals surface area contributed by atoms with Gasteiger partial charge in [0.25, 0.3) is 0 Å². The molecule has 1 aromatic carbocycles. The first-order valence-corrected chi connectivity index (χ1v) is 5.69. The van der Waals surface area contributed by atoms with Gasteiger partial charge in [0.05, 0.1) is 4.47 Å². The van der Waals surface area contributed by atoms with Crippen LogP contribution in [0.15, 0.2) is 22.7 Å². The maximum Gasteiger partial charge on any atom is 0.303 e. The van der Waals surface area contributed by atoms with Gasteiger partial charge in [0.2, 0.25) is 0 Å². The molecule has 0 bridgehead atoms. The van der Waals surface area contributed by atoms with Crippen LogP contribution in [0.2, 0.25) is 0 Å². The van der Waals surface area contributed by atoms with E-state index >= 15 is 0 Å². The molecule has 1 aromatic rings. The minimum atomic E-state index is -0.863. The molecule has 1 atom stereocenters. The Hall–Kier alpha value is -0.940. The molecule has 3 N–H and O–H groups in total. The number of hydrogen-bond donors (Lipinski definition) is 2. The van der Waals surface area contributed by atoms with Crippen molar-refractivity contribution in [3.63, 3.8) is 0 Å². The largest absolute Gasteiger partial charge is 0.481 e. The molecule has 16 heavy (non-hydrogen) atoms. The first-order valence-electron chi connectivity index (χ1n) is 4.90. The quantitative estimate of drug-likeness (QED) is 0.874. The molecule has 5 heteroatoms. The molecule has 1 unspecified atom stereocenters. The van der Waals surface area contributed by atoms with Crippen molar-refractivity contribution in [3.05, 3.63) is 34.1 Å². The Kier molecular flexibility index (Phi) is 4.89. The van der Waals surface area contributed by atoms with Crippen LogP contribution in [0.5, 0.6) is 0 Å². The predicted molar refractivity (Wildman–Crippen MR) is 62.6 cm³/mol. The average Bonchev–Trinajstić information content (AvgIpc) is 2.21. The van der Waals surface area contributed by atoms with Crippen LogP contribution in [-0.4, -0.2) is 17.1 Å². The Bertz CT molecular complexity index is 384. The van der Waals surface area contributed by atoms with Crippen LogP contribution in [0.1, 0.15) is 18.4 Å². The summed E-state index contributed by atoms with van der Waals surface area (Å²) >= 11 is 3.06. The van der Waals surface area contributed by atoms with Crippen molar-refractivity contribution >= 4 is 21.9 Å². The molecule has 0 saturated carbocycles. The van der Waals surface area contributed by atoms with E-state index in [9.17, 15) is 9.18 Å². The van der Waals surface area contributed by atoms with Crippen LogP contribution in [0.3, 0.4) is 0 Å². The molecule has 0 aliphatic rings. The molecule has 88 valence electrons. The summed E-state index contributed by atoms with van der Waals surface area (Å²) in [5.74, 6) is -1.19. The van der Waals surface area contributed by atoms with E-state index in [1.807, 2.05) is 0 Å². The number of benzene rings is 1. The fourth-order valence-corrected chi connectivity index (χ4v) is 1.63. The number of rotatable bonds is 5. The number of carbonyl (C=O) groups is 1. The van der Waals surface area contributed by atoms with Gasteiger partial charge in [-0.3, -0.25) is 4.79 Å². The molecule has 0 fully saturated rings. The highest BCUT2D eigenvalue weighted by atomic mass is 79.9. The lowest BCUT2D eigenvalue weighted by atomic mass is 10.0. The molecule has 0 radical (unpaired) electrons. The van der Waals surface area contributed by atoms with Crippen molar-refractivity contribution in [3.8, 4) is 0 Å². The molecule has 0 saturated heterocycles. The number of aliphatic carboxylic acids is 1. The second-order valence-corrected chi connectivity index (χ2v) is 4.50. The highest BCUT2D eigenvalue weighted by Gasteiger charge is 2.08. The summed E-state index contributed by atoms with van der Waals surface area (Å²) in [5, 5.41) is 8.49. The summed E-state index contributed by atoms with van der Waals surface area (Å²) < 4.78 is 13.6. The SMILES string of the molecule is NC(CCC(=O)O)Cc1ccc(Br)c(F)c1. The lowest BCUT2D eigenvalue weighted by Crippen LogP contribution is -2.23. The van der Waals surface area contributed by atoms with Gasteiger partial charge in [0, 0.05) is 12.5 Å². The third kappa shape index (κ3) is 4.28. The summed E-state index contributed by atoms with van der Waals surface area (Å²) in [5.41, 5.74) is 6.52. The van der Waals surface area contributed by atoms with Crippen molar-refractivity contribution in [1.29, 1.82) is 0 Å². The standard InChI is InChI=1S/C11H13BrFNO2/c12-9-3-1-7(6-10(9)13)5-8(14)2-4-11(15)16/h1,3,6,8H,2,4-5,14H2,(H,15,16). The Morgan fingerprint density at radius 3 is 2.81 bits per heavy atom. The first-order chi connectivity index (χ1) is 7.49. The summed E-state index contributed by atoms with van der Waals surface area (Å²) in [7, 11) is 0. The number of nitrogens with two attached hydrogens (primary N) is 1. The zero-order chi connectivity index (χ0) is 12.1. The third-order valence-corrected chi connectivity index (χ3v) is 2.85. The highest BCUT2D eigenvalue weighted by molar-refractivity contribution is 9.10. The van der Waals surface area contributed by atoms with Gasteiger partial charge in [-0.15, -0.1) is 0 Å². The summed E-state index contributed by atoms with van der Waals surface area (Å²) in [4.78, 5) is 10.3. The van der Waals surface area contributed by atoms with Gasteiger partial charge in [0.15, 0.2) is 0 Å². The lowest BCUT2D eigenvalue weighted by Gasteiger charge is -2.10. The van der Waals surface area contributed by atoms with E-state index in [-0.39, 0.29) is 18.3 Å². The molecule has 0 aromatic heterocycles. The van der Waals surface area contributed by atoms with Crippen molar-refractivity contribution in [1.82, 2.24) is 0 Å². The summed E-state index contributed by atoms with van der Waals surface area (Å²) in [6.07, 6.45) is 0.921. The molecule has 3 nitrogen and oxygen atoms in total. The zero-order valence-electron chi connectivity index (χ0n) is 8.62. The second-order valence-electron chi connectivity index (χ2n) is 3.65. The van der Waals surface area contributed by atoms with Crippen LogP contribution >= 0.6 is 15.9 Å². The normalized spacial score (nSPS) is 12.4. The Morgan fingerprint density at radius 1 is 1.56 bits per heavy atom. The molecule has 1 rings (SSSR count). The maximum atomic E-state index is 13.2. The minimum absolute atomic E-state index is 0.0418. The first kappa shape index (κ1) is 13.1. The Morgan fingerprint density at radius 2 is 2.25 bits per heavy atom. The van der Waals surface area contributed by atoms with Gasteiger partial charge in [-0.05, 0) is 46.5 Å². The minimum Gasteiger partial charge on any atom is -0.481 e. The maximum absolute atomic E-state index is 13.2. The van der Waals surface area contributed by atoms with Crippen molar-refractivity contribution in [2.24, 2.45) is 5.73 Å².